The van der Waals surface area contributed by atoms with E-state index in [1.54, 1.807) is 0 Å². The van der Waals surface area contributed by atoms with Gasteiger partial charge in [-0.15, -0.1) is 0 Å². The lowest BCUT2D eigenvalue weighted by molar-refractivity contribution is -0.262. The summed E-state index contributed by atoms with van der Waals surface area (Å²) in [6, 6.07) is 0.345. The predicted octanol–water partition coefficient (Wildman–Crippen LogP) is 1.68. The van der Waals surface area contributed by atoms with Crippen LogP contribution in [0.2, 0.25) is 0 Å². The Labute approximate surface area is 168 Å². The zero-order valence-electron chi connectivity index (χ0n) is 17.4. The Morgan fingerprint density at radius 1 is 1.21 bits per heavy atom. The van der Waals surface area contributed by atoms with E-state index in [0.717, 1.165) is 45.4 Å². The molecule has 5 aliphatic carbocycles. The average Bonchev–Trinajstić information content (AvgIpc) is 3.08. The third-order valence-electron chi connectivity index (χ3n) is 10.4. The molecular weight excluding hydrogens is 354 g/mol. The molecule has 1 aliphatic heterocycles. The highest BCUT2D eigenvalue weighted by molar-refractivity contribution is 5.36. The molecule has 0 aromatic carbocycles. The quantitative estimate of drug-likeness (QED) is 0.717. The summed E-state index contributed by atoms with van der Waals surface area (Å²) in [5.74, 6) is 1.16. The van der Waals surface area contributed by atoms with E-state index in [-0.39, 0.29) is 34.7 Å². The van der Waals surface area contributed by atoms with E-state index < -0.39 is 11.7 Å². The van der Waals surface area contributed by atoms with Crippen LogP contribution in [0.5, 0.6) is 0 Å². The molecule has 156 valence electrons. The van der Waals surface area contributed by atoms with Gasteiger partial charge >= 0.3 is 0 Å². The monoisotopic (exact) mass is 389 g/mol. The highest BCUT2D eigenvalue weighted by Crippen LogP contribution is 2.78. The van der Waals surface area contributed by atoms with E-state index in [1.165, 1.54) is 0 Å². The largest absolute Gasteiger partial charge is 0.392 e. The molecule has 0 aromatic heterocycles. The molecule has 1 heterocycles. The van der Waals surface area contributed by atoms with Gasteiger partial charge in [-0.3, -0.25) is 4.90 Å². The number of fused-ring (bicyclic) bond motifs is 2. The molecule has 7 bridgehead atoms. The molecule has 1 spiro atoms. The van der Waals surface area contributed by atoms with Crippen molar-refractivity contribution in [2.75, 3.05) is 33.9 Å². The lowest BCUT2D eigenvalue weighted by Crippen LogP contribution is -2.75. The second-order valence-electron chi connectivity index (χ2n) is 10.7. The smallest absolute Gasteiger partial charge is 0.0926 e. The maximum absolute atomic E-state index is 12.0. The maximum Gasteiger partial charge on any atom is 0.0926 e. The predicted molar refractivity (Wildman–Crippen MR) is 105 cm³/mol. The maximum atomic E-state index is 12.0. The molecule has 0 aromatic rings. The summed E-state index contributed by atoms with van der Waals surface area (Å²) in [5.41, 5.74) is -0.699. The highest BCUT2D eigenvalue weighted by Gasteiger charge is 2.82. The van der Waals surface area contributed by atoms with Crippen molar-refractivity contribution in [2.45, 2.75) is 56.5 Å². The molecule has 6 aliphatic rings. The molecule has 5 nitrogen and oxygen atoms in total. The minimum absolute atomic E-state index is 0.0309. The van der Waals surface area contributed by atoms with Gasteiger partial charge in [-0.1, -0.05) is 19.1 Å². The van der Waals surface area contributed by atoms with Crippen LogP contribution < -0.4 is 0 Å². The van der Waals surface area contributed by atoms with Crippen molar-refractivity contribution in [3.63, 3.8) is 0 Å². The molecule has 2 N–H and O–H groups in total. The topological polar surface area (TPSA) is 62.2 Å². The third kappa shape index (κ3) is 1.72. The average molecular weight is 390 g/mol. The van der Waals surface area contributed by atoms with E-state index in [4.69, 9.17) is 9.47 Å². The SMILES string of the molecule is CCN1C[C@]2(COC)CC[C@H](OC)[C@@]34[C@@H]5C[C@@H]6C=C[C@@](O)([C@H]5[C@H]6O)[C@@H](C[C@H]23)[C@@H]14. The number of ether oxygens (including phenoxy) is 2. The first-order valence-corrected chi connectivity index (χ1v) is 11.3. The van der Waals surface area contributed by atoms with Gasteiger partial charge in [0, 0.05) is 55.4 Å². The van der Waals surface area contributed by atoms with Crippen LogP contribution in [0, 0.1) is 40.4 Å². The molecule has 6 rings (SSSR count). The molecule has 5 fully saturated rings. The molecule has 1 saturated heterocycles. The van der Waals surface area contributed by atoms with Crippen LogP contribution in [0.15, 0.2) is 12.2 Å². The zero-order valence-corrected chi connectivity index (χ0v) is 17.4. The van der Waals surface area contributed by atoms with Gasteiger partial charge in [0.15, 0.2) is 0 Å². The standard InChI is InChI=1S/C23H35NO4/c1-4-24-11-21(12-27-2)7-6-17(28-3)23-14-9-13-5-8-22(26,18(14)19(13)25)15(20(23)24)10-16(21)23/h5,8,13-20,25-26H,4,6-7,9-12H2,1-3H3/t13-,14+,15-,16+,17-,18+,19-,20+,21-,22-,23+/m0/s1. The number of aliphatic hydroxyl groups is 2. The van der Waals surface area contributed by atoms with Gasteiger partial charge in [-0.2, -0.15) is 0 Å². The number of methoxy groups -OCH3 is 2. The normalized spacial score (nSPS) is 61.0. The molecule has 0 radical (unpaired) electrons. The molecule has 11 atom stereocenters. The van der Waals surface area contributed by atoms with E-state index in [1.807, 2.05) is 14.2 Å². The Hall–Kier alpha value is -0.460. The van der Waals surface area contributed by atoms with Crippen LogP contribution in [-0.2, 0) is 9.47 Å². The summed E-state index contributed by atoms with van der Waals surface area (Å²) in [5, 5.41) is 23.2. The second-order valence-corrected chi connectivity index (χ2v) is 10.7. The van der Waals surface area contributed by atoms with Crippen LogP contribution in [0.1, 0.15) is 32.6 Å². The molecule has 5 heteroatoms. The van der Waals surface area contributed by atoms with Crippen molar-refractivity contribution < 1.29 is 19.7 Å². The first-order valence-electron chi connectivity index (χ1n) is 11.3. The lowest BCUT2D eigenvalue weighted by atomic mass is 9.43. The van der Waals surface area contributed by atoms with Gasteiger partial charge in [0.1, 0.15) is 0 Å². The van der Waals surface area contributed by atoms with Crippen LogP contribution in [0.3, 0.4) is 0 Å². The number of likely N-dealkylation sites (tertiary alicyclic amines) is 1. The van der Waals surface area contributed by atoms with E-state index in [0.29, 0.717) is 17.9 Å². The Kier molecular flexibility index (Phi) is 3.67. The van der Waals surface area contributed by atoms with E-state index >= 15 is 0 Å². The van der Waals surface area contributed by atoms with Crippen LogP contribution in [0.4, 0.5) is 0 Å². The number of aliphatic hydroxyl groups excluding tert-OH is 1. The summed E-state index contributed by atoms with van der Waals surface area (Å²) < 4.78 is 12.1. The van der Waals surface area contributed by atoms with Gasteiger partial charge in [0.2, 0.25) is 0 Å². The number of rotatable bonds is 4. The fraction of sp³-hybridized carbons (Fsp3) is 0.913. The van der Waals surface area contributed by atoms with Gasteiger partial charge in [-0.25, -0.2) is 0 Å². The zero-order chi connectivity index (χ0) is 19.5. The van der Waals surface area contributed by atoms with Crippen molar-refractivity contribution in [1.82, 2.24) is 4.90 Å². The first kappa shape index (κ1) is 18.3. The van der Waals surface area contributed by atoms with Crippen LogP contribution >= 0.6 is 0 Å². The summed E-state index contributed by atoms with van der Waals surface area (Å²) in [6.45, 7) is 5.13. The van der Waals surface area contributed by atoms with Crippen molar-refractivity contribution in [3.8, 4) is 0 Å². The van der Waals surface area contributed by atoms with Gasteiger partial charge in [0.05, 0.1) is 24.4 Å². The van der Waals surface area contributed by atoms with E-state index in [2.05, 4.69) is 24.0 Å². The van der Waals surface area contributed by atoms with E-state index in [9.17, 15) is 10.2 Å². The summed E-state index contributed by atoms with van der Waals surface area (Å²) in [4.78, 5) is 2.67. The van der Waals surface area contributed by atoms with Crippen molar-refractivity contribution in [2.24, 2.45) is 40.4 Å². The Bertz CT molecular complexity index is 713. The lowest BCUT2D eigenvalue weighted by Gasteiger charge is -2.69. The van der Waals surface area contributed by atoms with Gasteiger partial charge < -0.3 is 19.7 Å². The van der Waals surface area contributed by atoms with Crippen molar-refractivity contribution >= 4 is 0 Å². The first-order chi connectivity index (χ1) is 13.5. The fourth-order valence-electron chi connectivity index (χ4n) is 9.88. The van der Waals surface area contributed by atoms with Crippen LogP contribution in [0.25, 0.3) is 0 Å². The molecule has 4 saturated carbocycles. The molecule has 0 unspecified atom stereocenters. The minimum Gasteiger partial charge on any atom is -0.392 e. The molecule has 0 amide bonds. The summed E-state index contributed by atoms with van der Waals surface area (Å²) in [6.07, 6.45) is 8.27. The molecule has 28 heavy (non-hydrogen) atoms. The Balaban J connectivity index is 1.61. The molecular formula is C23H35NO4. The third-order valence-corrected chi connectivity index (χ3v) is 10.4. The van der Waals surface area contributed by atoms with Gasteiger partial charge in [0.25, 0.3) is 0 Å². The number of piperidine rings is 1. The Morgan fingerprint density at radius 2 is 2.04 bits per heavy atom. The van der Waals surface area contributed by atoms with Crippen molar-refractivity contribution in [3.05, 3.63) is 12.2 Å². The summed E-state index contributed by atoms with van der Waals surface area (Å²) in [7, 11) is 3.73. The van der Waals surface area contributed by atoms with Gasteiger partial charge in [-0.05, 0) is 44.1 Å². The minimum atomic E-state index is -0.876. The second kappa shape index (κ2) is 5.61. The Morgan fingerprint density at radius 3 is 2.75 bits per heavy atom. The van der Waals surface area contributed by atoms with Crippen LogP contribution in [-0.4, -0.2) is 72.9 Å². The summed E-state index contributed by atoms with van der Waals surface area (Å²) >= 11 is 0. The van der Waals surface area contributed by atoms with Crippen molar-refractivity contribution in [1.29, 1.82) is 0 Å². The number of nitrogens with zero attached hydrogens (tertiary/aromatic N) is 1. The number of hydrogen-bond acceptors (Lipinski definition) is 5. The highest BCUT2D eigenvalue weighted by atomic mass is 16.5. The fourth-order valence-corrected chi connectivity index (χ4v) is 9.88. The number of hydrogen-bond donors (Lipinski definition) is 2.